The summed E-state index contributed by atoms with van der Waals surface area (Å²) in [6.07, 6.45) is 0. The molecule has 0 aliphatic carbocycles. The minimum atomic E-state index is 1.04. The largest absolute Gasteiger partial charge is 0.309 e. The molecule has 7 rings (SSSR count). The highest BCUT2D eigenvalue weighted by Gasteiger charge is 2.25. The Morgan fingerprint density at radius 3 is 0.682 bits per heavy atom. The molecule has 44 heavy (non-hydrogen) atoms. The normalized spacial score (nSPS) is 11.2. The molecular formula is C38H24Br4N2. The molecule has 0 amide bonds. The molecule has 0 fully saturated rings. The van der Waals surface area contributed by atoms with Gasteiger partial charge in [-0.3, -0.25) is 0 Å². The van der Waals surface area contributed by atoms with Crippen LogP contribution in [0, 0.1) is 0 Å². The summed E-state index contributed by atoms with van der Waals surface area (Å²) in [4.78, 5) is 4.74. The first kappa shape index (κ1) is 29.3. The molecule has 0 aliphatic heterocycles. The Bertz CT molecular complexity index is 1790. The maximum Gasteiger partial charge on any atom is 0.0619 e. The Morgan fingerprint density at radius 2 is 0.477 bits per heavy atom. The van der Waals surface area contributed by atoms with E-state index < -0.39 is 0 Å². The molecule has 0 spiro atoms. The van der Waals surface area contributed by atoms with Crippen LogP contribution in [0.3, 0.4) is 0 Å². The zero-order valence-electron chi connectivity index (χ0n) is 23.3. The third kappa shape index (κ3) is 5.61. The highest BCUT2D eigenvalue weighted by atomic mass is 79.9. The van der Waals surface area contributed by atoms with Crippen LogP contribution in [0.15, 0.2) is 163 Å². The number of nitrogens with zero attached hydrogens (tertiary/aromatic N) is 2. The molecule has 0 N–H and O–H groups in total. The van der Waals surface area contributed by atoms with Crippen LogP contribution in [0.5, 0.6) is 0 Å². The summed E-state index contributed by atoms with van der Waals surface area (Å²) < 4.78 is 4.17. The Hall–Kier alpha value is -3.42. The second kappa shape index (κ2) is 12.5. The summed E-state index contributed by atoms with van der Waals surface area (Å²) in [7, 11) is 0. The lowest BCUT2D eigenvalue weighted by Gasteiger charge is -2.33. The van der Waals surface area contributed by atoms with E-state index in [-0.39, 0.29) is 0 Å². The van der Waals surface area contributed by atoms with E-state index in [9.17, 15) is 0 Å². The molecule has 0 aliphatic rings. The molecule has 2 nitrogen and oxygen atoms in total. The number of hydrogen-bond acceptors (Lipinski definition) is 2. The molecule has 0 saturated carbocycles. The van der Waals surface area contributed by atoms with Crippen LogP contribution < -0.4 is 9.80 Å². The molecule has 7 aromatic carbocycles. The van der Waals surface area contributed by atoms with Gasteiger partial charge in [-0.15, -0.1) is 0 Å². The highest BCUT2D eigenvalue weighted by Crippen LogP contribution is 2.51. The van der Waals surface area contributed by atoms with E-state index in [1.54, 1.807) is 0 Å². The minimum absolute atomic E-state index is 1.04. The first-order valence-corrected chi connectivity index (χ1v) is 17.2. The Balaban J connectivity index is 1.60. The fourth-order valence-electron chi connectivity index (χ4n) is 5.74. The third-order valence-corrected chi connectivity index (χ3v) is 9.78. The van der Waals surface area contributed by atoms with Crippen LogP contribution in [0.4, 0.5) is 34.1 Å². The van der Waals surface area contributed by atoms with E-state index in [2.05, 4.69) is 219 Å². The smallest absolute Gasteiger partial charge is 0.0619 e. The molecule has 0 saturated heterocycles. The molecule has 7 aromatic rings. The highest BCUT2D eigenvalue weighted by molar-refractivity contribution is 9.11. The van der Waals surface area contributed by atoms with Crippen molar-refractivity contribution in [3.8, 4) is 0 Å². The van der Waals surface area contributed by atoms with E-state index in [0.717, 1.165) is 73.6 Å². The number of hydrogen-bond donors (Lipinski definition) is 0. The molecule has 214 valence electrons. The third-order valence-electron chi connectivity index (χ3n) is 7.66. The summed E-state index contributed by atoms with van der Waals surface area (Å²) in [5.74, 6) is 0. The van der Waals surface area contributed by atoms with Gasteiger partial charge in [0.25, 0.3) is 0 Å². The van der Waals surface area contributed by atoms with Crippen molar-refractivity contribution in [2.24, 2.45) is 0 Å². The van der Waals surface area contributed by atoms with Gasteiger partial charge < -0.3 is 9.80 Å². The van der Waals surface area contributed by atoms with Crippen LogP contribution in [-0.4, -0.2) is 0 Å². The number of anilines is 6. The van der Waals surface area contributed by atoms with Gasteiger partial charge in [0.05, 0.1) is 11.4 Å². The van der Waals surface area contributed by atoms with Crippen molar-refractivity contribution >= 4 is 119 Å². The van der Waals surface area contributed by atoms with Gasteiger partial charge in [-0.2, -0.15) is 0 Å². The van der Waals surface area contributed by atoms with Crippen LogP contribution in [0.1, 0.15) is 0 Å². The second-order valence-electron chi connectivity index (χ2n) is 10.4. The van der Waals surface area contributed by atoms with Crippen molar-refractivity contribution in [2.45, 2.75) is 0 Å². The lowest BCUT2D eigenvalue weighted by Crippen LogP contribution is -2.14. The fraction of sp³-hybridized carbons (Fsp3) is 0. The molecule has 0 radical (unpaired) electrons. The van der Waals surface area contributed by atoms with Crippen molar-refractivity contribution in [1.82, 2.24) is 0 Å². The summed E-state index contributed by atoms with van der Waals surface area (Å²) in [5, 5.41) is 4.63. The molecule has 0 unspecified atom stereocenters. The number of benzene rings is 7. The van der Waals surface area contributed by atoms with E-state index in [1.807, 2.05) is 0 Å². The maximum absolute atomic E-state index is 3.64. The van der Waals surface area contributed by atoms with Crippen molar-refractivity contribution in [1.29, 1.82) is 0 Å². The molecular weight excluding hydrogens is 804 g/mol. The summed E-state index contributed by atoms with van der Waals surface area (Å²) in [6, 6.07) is 51.6. The lowest BCUT2D eigenvalue weighted by atomic mass is 9.95. The molecule has 0 heterocycles. The first-order chi connectivity index (χ1) is 21.5. The zero-order valence-corrected chi connectivity index (χ0v) is 29.6. The predicted molar refractivity (Wildman–Crippen MR) is 202 cm³/mol. The average Bonchev–Trinajstić information content (AvgIpc) is 3.05. The van der Waals surface area contributed by atoms with Crippen molar-refractivity contribution in [2.75, 3.05) is 9.80 Å². The number of rotatable bonds is 6. The lowest BCUT2D eigenvalue weighted by molar-refractivity contribution is 1.29. The number of halogens is 4. The second-order valence-corrected chi connectivity index (χ2v) is 14.0. The van der Waals surface area contributed by atoms with Gasteiger partial charge in [-0.05, 0) is 97.1 Å². The van der Waals surface area contributed by atoms with E-state index in [0.29, 0.717) is 0 Å². The average molecular weight is 828 g/mol. The summed E-state index contributed by atoms with van der Waals surface area (Å²) in [6.45, 7) is 0. The summed E-state index contributed by atoms with van der Waals surface area (Å²) in [5.41, 5.74) is 6.59. The monoisotopic (exact) mass is 824 g/mol. The fourth-order valence-corrected chi connectivity index (χ4v) is 6.80. The van der Waals surface area contributed by atoms with Gasteiger partial charge in [0.2, 0.25) is 0 Å². The van der Waals surface area contributed by atoms with Gasteiger partial charge in [-0.25, -0.2) is 0 Å². The van der Waals surface area contributed by atoms with Crippen molar-refractivity contribution in [3.05, 3.63) is 163 Å². The van der Waals surface area contributed by atoms with E-state index in [4.69, 9.17) is 0 Å². The Morgan fingerprint density at radius 1 is 0.273 bits per heavy atom. The molecule has 6 heteroatoms. The van der Waals surface area contributed by atoms with Gasteiger partial charge >= 0.3 is 0 Å². The molecule has 0 bridgehead atoms. The minimum Gasteiger partial charge on any atom is -0.309 e. The van der Waals surface area contributed by atoms with Crippen LogP contribution in [-0.2, 0) is 0 Å². The maximum atomic E-state index is 3.64. The first-order valence-electron chi connectivity index (χ1n) is 14.0. The van der Waals surface area contributed by atoms with Crippen molar-refractivity contribution < 1.29 is 0 Å². The Kier molecular flexibility index (Phi) is 8.34. The van der Waals surface area contributed by atoms with Crippen molar-refractivity contribution in [3.63, 3.8) is 0 Å². The van der Waals surface area contributed by atoms with Gasteiger partial charge in [0.15, 0.2) is 0 Å². The van der Waals surface area contributed by atoms with E-state index >= 15 is 0 Å². The topological polar surface area (TPSA) is 6.48 Å². The molecule has 0 atom stereocenters. The number of fused-ring (bicyclic) bond motifs is 2. The quantitative estimate of drug-likeness (QED) is 0.122. The predicted octanol–water partition coefficient (Wildman–Crippen LogP) is 14.0. The van der Waals surface area contributed by atoms with Gasteiger partial charge in [0.1, 0.15) is 0 Å². The Labute approximate surface area is 290 Å². The van der Waals surface area contributed by atoms with Gasteiger partial charge in [-0.1, -0.05) is 112 Å². The van der Waals surface area contributed by atoms with E-state index in [1.165, 1.54) is 0 Å². The molecule has 0 aromatic heterocycles. The summed E-state index contributed by atoms with van der Waals surface area (Å²) >= 11 is 14.6. The van der Waals surface area contributed by atoms with Crippen LogP contribution in [0.2, 0.25) is 0 Å². The van der Waals surface area contributed by atoms with Crippen LogP contribution >= 0.6 is 63.7 Å². The van der Waals surface area contributed by atoms with Crippen LogP contribution in [0.25, 0.3) is 21.5 Å². The zero-order chi connectivity index (χ0) is 30.2. The SMILES string of the molecule is Brc1ccc(N(c2ccc(Br)cc2)c2c3ccccc3c(N(c3ccc(Br)cc3)c3ccc(Br)cc3)c3ccccc23)cc1. The van der Waals surface area contributed by atoms with Gasteiger partial charge in [0, 0.05) is 62.2 Å². The standard InChI is InChI=1S/C38H24Br4N2/c39-25-9-17-29(18-10-25)43(30-19-11-26(40)12-20-30)37-33-5-1-2-6-34(33)38(36-8-4-3-7-35(36)37)44(31-21-13-27(41)14-22-31)32-23-15-28(42)16-24-32/h1-24H.